The maximum atomic E-state index is 13.5. The van der Waals surface area contributed by atoms with Crippen molar-refractivity contribution in [3.8, 4) is 10.6 Å². The van der Waals surface area contributed by atoms with Crippen molar-refractivity contribution in [2.75, 3.05) is 13.1 Å². The van der Waals surface area contributed by atoms with Gasteiger partial charge in [0.1, 0.15) is 15.8 Å². The van der Waals surface area contributed by atoms with E-state index < -0.39 is 0 Å². The largest absolute Gasteiger partial charge is 0.316 e. The lowest BCUT2D eigenvalue weighted by Gasteiger charge is -2.05. The van der Waals surface area contributed by atoms with Crippen LogP contribution < -0.4 is 5.32 Å². The molecule has 0 aliphatic heterocycles. The molecule has 2 rings (SSSR count). The molecule has 0 radical (unpaired) electrons. The molecule has 5 heteroatoms. The van der Waals surface area contributed by atoms with E-state index in [4.69, 9.17) is 0 Å². The van der Waals surface area contributed by atoms with Crippen molar-refractivity contribution in [3.63, 3.8) is 0 Å². The molecule has 0 unspecified atom stereocenters. The second-order valence-electron chi connectivity index (χ2n) is 5.31. The van der Waals surface area contributed by atoms with Crippen LogP contribution in [0.5, 0.6) is 0 Å². The predicted molar refractivity (Wildman–Crippen MR) is 81.5 cm³/mol. The van der Waals surface area contributed by atoms with Gasteiger partial charge in [-0.05, 0) is 31.0 Å². The van der Waals surface area contributed by atoms with Crippen LogP contribution in [0.3, 0.4) is 0 Å². The first-order valence-electron chi connectivity index (χ1n) is 6.86. The third-order valence-electron chi connectivity index (χ3n) is 2.95. The van der Waals surface area contributed by atoms with Crippen LogP contribution in [0.2, 0.25) is 0 Å². The van der Waals surface area contributed by atoms with Crippen molar-refractivity contribution in [1.82, 2.24) is 15.5 Å². The molecule has 2 aromatic rings. The second kappa shape index (κ2) is 6.90. The molecule has 0 atom stereocenters. The highest BCUT2D eigenvalue weighted by Gasteiger charge is 2.08. The van der Waals surface area contributed by atoms with Crippen molar-refractivity contribution < 1.29 is 4.39 Å². The molecule has 1 N–H and O–H groups in total. The highest BCUT2D eigenvalue weighted by molar-refractivity contribution is 7.14. The van der Waals surface area contributed by atoms with E-state index in [-0.39, 0.29) is 5.82 Å². The molecule has 3 nitrogen and oxygen atoms in total. The quantitative estimate of drug-likeness (QED) is 0.829. The molecular weight excluding hydrogens is 273 g/mol. The number of hydrogen-bond acceptors (Lipinski definition) is 4. The molecule has 20 heavy (non-hydrogen) atoms. The van der Waals surface area contributed by atoms with Crippen LogP contribution in [-0.2, 0) is 6.42 Å². The molecule has 0 fully saturated rings. The topological polar surface area (TPSA) is 37.8 Å². The summed E-state index contributed by atoms with van der Waals surface area (Å²) in [6.45, 7) is 8.03. The maximum absolute atomic E-state index is 13.5. The van der Waals surface area contributed by atoms with Gasteiger partial charge in [0.25, 0.3) is 0 Å². The van der Waals surface area contributed by atoms with Gasteiger partial charge >= 0.3 is 0 Å². The van der Waals surface area contributed by atoms with Crippen molar-refractivity contribution in [1.29, 1.82) is 0 Å². The zero-order valence-corrected chi connectivity index (χ0v) is 12.9. The van der Waals surface area contributed by atoms with Crippen LogP contribution in [0.25, 0.3) is 10.6 Å². The zero-order chi connectivity index (χ0) is 14.5. The Balaban J connectivity index is 1.96. The monoisotopic (exact) mass is 293 g/mol. The predicted octanol–water partition coefficient (Wildman–Crippen LogP) is 3.44. The van der Waals surface area contributed by atoms with Crippen LogP contribution in [0.15, 0.2) is 18.2 Å². The molecule has 0 saturated heterocycles. The normalized spacial score (nSPS) is 11.2. The average molecular weight is 293 g/mol. The van der Waals surface area contributed by atoms with Gasteiger partial charge in [-0.3, -0.25) is 0 Å². The lowest BCUT2D eigenvalue weighted by molar-refractivity contribution is 0.553. The Morgan fingerprint density at radius 1 is 1.30 bits per heavy atom. The number of nitrogens with zero attached hydrogens (tertiary/aromatic N) is 2. The van der Waals surface area contributed by atoms with Gasteiger partial charge in [0.2, 0.25) is 0 Å². The standard InChI is InChI=1S/C15H20FN3S/c1-10(2)9-17-7-6-14-18-19-15(20-14)12-5-4-11(3)13(16)8-12/h4-5,8,10,17H,6-7,9H2,1-3H3. The third kappa shape index (κ3) is 4.08. The SMILES string of the molecule is Cc1ccc(-c2nnc(CCNCC(C)C)s2)cc1F. The molecule has 0 saturated carbocycles. The summed E-state index contributed by atoms with van der Waals surface area (Å²) in [6.07, 6.45) is 0.860. The Kier molecular flexibility index (Phi) is 5.20. The van der Waals surface area contributed by atoms with E-state index in [1.807, 2.05) is 6.07 Å². The Bertz CT molecular complexity index is 566. The summed E-state index contributed by atoms with van der Waals surface area (Å²) in [5.41, 5.74) is 1.45. The van der Waals surface area contributed by atoms with Gasteiger partial charge in [-0.25, -0.2) is 4.39 Å². The fraction of sp³-hybridized carbons (Fsp3) is 0.467. The molecular formula is C15H20FN3S. The highest BCUT2D eigenvalue weighted by atomic mass is 32.1. The molecule has 0 amide bonds. The van der Waals surface area contributed by atoms with Crippen LogP contribution in [-0.4, -0.2) is 23.3 Å². The number of aromatic nitrogens is 2. The van der Waals surface area contributed by atoms with E-state index in [1.54, 1.807) is 13.0 Å². The van der Waals surface area contributed by atoms with Crippen molar-refractivity contribution in [2.24, 2.45) is 5.92 Å². The maximum Gasteiger partial charge on any atom is 0.147 e. The van der Waals surface area contributed by atoms with Crippen molar-refractivity contribution >= 4 is 11.3 Å². The fourth-order valence-corrected chi connectivity index (χ4v) is 2.62. The summed E-state index contributed by atoms with van der Waals surface area (Å²) in [4.78, 5) is 0. The Morgan fingerprint density at radius 2 is 2.10 bits per heavy atom. The van der Waals surface area contributed by atoms with Crippen LogP contribution >= 0.6 is 11.3 Å². The second-order valence-corrected chi connectivity index (χ2v) is 6.37. The van der Waals surface area contributed by atoms with Gasteiger partial charge in [0.15, 0.2) is 0 Å². The molecule has 1 aromatic heterocycles. The first kappa shape index (κ1) is 15.1. The zero-order valence-electron chi connectivity index (χ0n) is 12.1. The summed E-state index contributed by atoms with van der Waals surface area (Å²) in [5, 5.41) is 13.5. The summed E-state index contributed by atoms with van der Waals surface area (Å²) < 4.78 is 13.5. The van der Waals surface area contributed by atoms with Crippen LogP contribution in [0, 0.1) is 18.7 Å². The number of hydrogen-bond donors (Lipinski definition) is 1. The molecule has 0 bridgehead atoms. The van der Waals surface area contributed by atoms with Gasteiger partial charge in [0, 0.05) is 18.5 Å². The number of halogens is 1. The molecule has 0 spiro atoms. The van der Waals surface area contributed by atoms with Crippen LogP contribution in [0.1, 0.15) is 24.4 Å². The summed E-state index contributed by atoms with van der Waals surface area (Å²) in [6, 6.07) is 5.19. The number of rotatable bonds is 6. The van der Waals surface area contributed by atoms with Crippen molar-refractivity contribution in [2.45, 2.75) is 27.2 Å². The minimum Gasteiger partial charge on any atom is -0.316 e. The molecule has 0 aliphatic carbocycles. The van der Waals surface area contributed by atoms with Crippen LogP contribution in [0.4, 0.5) is 4.39 Å². The fourth-order valence-electron chi connectivity index (χ4n) is 1.78. The van der Waals surface area contributed by atoms with E-state index in [0.717, 1.165) is 35.1 Å². The first-order valence-corrected chi connectivity index (χ1v) is 7.67. The van der Waals surface area contributed by atoms with E-state index in [1.165, 1.54) is 17.4 Å². The first-order chi connectivity index (χ1) is 9.56. The third-order valence-corrected chi connectivity index (χ3v) is 3.99. The summed E-state index contributed by atoms with van der Waals surface area (Å²) in [7, 11) is 0. The number of benzene rings is 1. The smallest absolute Gasteiger partial charge is 0.147 e. The Labute approximate surface area is 123 Å². The molecule has 0 aliphatic rings. The van der Waals surface area contributed by atoms with Crippen molar-refractivity contribution in [3.05, 3.63) is 34.6 Å². The van der Waals surface area contributed by atoms with E-state index in [2.05, 4.69) is 29.4 Å². The lowest BCUT2D eigenvalue weighted by atomic mass is 10.1. The molecule has 108 valence electrons. The molecule has 1 heterocycles. The van der Waals surface area contributed by atoms with E-state index >= 15 is 0 Å². The minimum atomic E-state index is -0.196. The average Bonchev–Trinajstić information content (AvgIpc) is 2.86. The van der Waals surface area contributed by atoms with Gasteiger partial charge in [-0.2, -0.15) is 0 Å². The van der Waals surface area contributed by atoms with Gasteiger partial charge < -0.3 is 5.32 Å². The molecule has 1 aromatic carbocycles. The van der Waals surface area contributed by atoms with Gasteiger partial charge in [0.05, 0.1) is 0 Å². The minimum absolute atomic E-state index is 0.196. The Morgan fingerprint density at radius 3 is 2.80 bits per heavy atom. The number of nitrogens with one attached hydrogen (secondary N) is 1. The van der Waals surface area contributed by atoms with E-state index in [9.17, 15) is 4.39 Å². The van der Waals surface area contributed by atoms with Gasteiger partial charge in [-0.1, -0.05) is 37.3 Å². The summed E-state index contributed by atoms with van der Waals surface area (Å²) >= 11 is 1.53. The van der Waals surface area contributed by atoms with E-state index in [0.29, 0.717) is 11.5 Å². The lowest BCUT2D eigenvalue weighted by Crippen LogP contribution is -2.22. The highest BCUT2D eigenvalue weighted by Crippen LogP contribution is 2.25. The number of aryl methyl sites for hydroxylation is 1. The van der Waals surface area contributed by atoms with Gasteiger partial charge in [-0.15, -0.1) is 10.2 Å². The summed E-state index contributed by atoms with van der Waals surface area (Å²) in [5.74, 6) is 0.452. The Hall–Kier alpha value is -1.33.